The number of carboxylic acid groups (broad SMARTS) is 1. The number of aliphatic carboxylic acids is 1. The number of hydrogen-bond acceptors (Lipinski definition) is 3. The summed E-state index contributed by atoms with van der Waals surface area (Å²) in [7, 11) is 0. The summed E-state index contributed by atoms with van der Waals surface area (Å²) in [6, 6.07) is 3.57. The first kappa shape index (κ1) is 16.0. The van der Waals surface area contributed by atoms with Crippen LogP contribution in [0.4, 0.5) is 0 Å². The van der Waals surface area contributed by atoms with Gasteiger partial charge in [0.05, 0.1) is 6.42 Å². The summed E-state index contributed by atoms with van der Waals surface area (Å²) in [5, 5.41) is 11.2. The normalized spacial score (nSPS) is 11.8. The van der Waals surface area contributed by atoms with Gasteiger partial charge in [-0.25, -0.2) is 0 Å². The fourth-order valence-corrected chi connectivity index (χ4v) is 2.16. The maximum Gasteiger partial charge on any atom is 0.305 e. The van der Waals surface area contributed by atoms with E-state index in [1.54, 1.807) is 6.92 Å². The fourth-order valence-electron chi connectivity index (χ4n) is 2.16. The Morgan fingerprint density at radius 2 is 1.80 bits per heavy atom. The van der Waals surface area contributed by atoms with Crippen molar-refractivity contribution in [3.8, 4) is 5.75 Å². The number of benzene rings is 1. The molecule has 0 aliphatic rings. The van der Waals surface area contributed by atoms with Gasteiger partial charge in [-0.1, -0.05) is 17.7 Å². The quantitative estimate of drug-likeness (QED) is 0.834. The molecule has 0 aromatic heterocycles. The van der Waals surface area contributed by atoms with Crippen molar-refractivity contribution >= 4 is 11.9 Å². The summed E-state index contributed by atoms with van der Waals surface area (Å²) in [6.45, 7) is 7.40. The summed E-state index contributed by atoms with van der Waals surface area (Å²) in [4.78, 5) is 22.2. The van der Waals surface area contributed by atoms with E-state index in [1.807, 2.05) is 32.9 Å². The van der Waals surface area contributed by atoms with Crippen LogP contribution in [-0.4, -0.2) is 29.6 Å². The third-order valence-corrected chi connectivity index (χ3v) is 2.84. The molecule has 0 saturated carbocycles. The van der Waals surface area contributed by atoms with Crippen molar-refractivity contribution in [3.63, 3.8) is 0 Å². The predicted octanol–water partition coefficient (Wildman–Crippen LogP) is 1.97. The first-order valence-corrected chi connectivity index (χ1v) is 6.51. The van der Waals surface area contributed by atoms with E-state index in [0.29, 0.717) is 5.75 Å². The zero-order chi connectivity index (χ0) is 15.3. The highest BCUT2D eigenvalue weighted by atomic mass is 16.5. The first-order chi connectivity index (χ1) is 9.29. The van der Waals surface area contributed by atoms with Crippen LogP contribution >= 0.6 is 0 Å². The van der Waals surface area contributed by atoms with Crippen LogP contribution in [0.1, 0.15) is 30.0 Å². The third kappa shape index (κ3) is 4.91. The zero-order valence-corrected chi connectivity index (χ0v) is 12.3. The van der Waals surface area contributed by atoms with Crippen molar-refractivity contribution in [3.05, 3.63) is 28.8 Å². The Labute approximate surface area is 118 Å². The molecule has 2 N–H and O–H groups in total. The van der Waals surface area contributed by atoms with E-state index in [0.717, 1.165) is 16.7 Å². The molecule has 0 radical (unpaired) electrons. The van der Waals surface area contributed by atoms with Crippen LogP contribution in [0, 0.1) is 20.8 Å². The molecule has 20 heavy (non-hydrogen) atoms. The van der Waals surface area contributed by atoms with Crippen LogP contribution in [0.2, 0.25) is 0 Å². The average molecular weight is 279 g/mol. The van der Waals surface area contributed by atoms with Gasteiger partial charge in [0.15, 0.2) is 6.61 Å². The monoisotopic (exact) mass is 279 g/mol. The molecule has 1 aromatic rings. The van der Waals surface area contributed by atoms with Crippen LogP contribution in [-0.2, 0) is 9.59 Å². The Balaban J connectivity index is 2.55. The van der Waals surface area contributed by atoms with Crippen LogP contribution in [0.15, 0.2) is 12.1 Å². The van der Waals surface area contributed by atoms with Gasteiger partial charge in [0.25, 0.3) is 5.91 Å². The van der Waals surface area contributed by atoms with Crippen molar-refractivity contribution in [2.75, 3.05) is 6.61 Å². The number of hydrogen-bond donors (Lipinski definition) is 2. The van der Waals surface area contributed by atoms with Crippen molar-refractivity contribution < 1.29 is 19.4 Å². The minimum Gasteiger partial charge on any atom is -0.483 e. The Hall–Kier alpha value is -2.04. The highest BCUT2D eigenvalue weighted by Gasteiger charge is 2.12. The van der Waals surface area contributed by atoms with E-state index in [4.69, 9.17) is 9.84 Å². The molecule has 5 heteroatoms. The molecule has 1 rings (SSSR count). The van der Waals surface area contributed by atoms with Crippen LogP contribution in [0.25, 0.3) is 0 Å². The summed E-state index contributed by atoms with van der Waals surface area (Å²) < 4.78 is 5.53. The van der Waals surface area contributed by atoms with E-state index in [2.05, 4.69) is 5.32 Å². The number of ether oxygens (including phenoxy) is 1. The molecular weight excluding hydrogens is 258 g/mol. The second-order valence-electron chi connectivity index (χ2n) is 5.08. The van der Waals surface area contributed by atoms with Gasteiger partial charge in [-0.15, -0.1) is 0 Å². The van der Waals surface area contributed by atoms with Crippen LogP contribution in [0.5, 0.6) is 5.75 Å². The van der Waals surface area contributed by atoms with Crippen molar-refractivity contribution in [1.29, 1.82) is 0 Å². The highest BCUT2D eigenvalue weighted by Crippen LogP contribution is 2.24. The van der Waals surface area contributed by atoms with Gasteiger partial charge >= 0.3 is 5.97 Å². The number of amides is 1. The van der Waals surface area contributed by atoms with Gasteiger partial charge < -0.3 is 15.2 Å². The van der Waals surface area contributed by atoms with Gasteiger partial charge in [-0.2, -0.15) is 0 Å². The van der Waals surface area contributed by atoms with Gasteiger partial charge in [0.1, 0.15) is 5.75 Å². The summed E-state index contributed by atoms with van der Waals surface area (Å²) >= 11 is 0. The van der Waals surface area contributed by atoms with Gasteiger partial charge in [0, 0.05) is 6.04 Å². The number of carbonyl (C=O) groups excluding carboxylic acids is 1. The molecule has 1 amide bonds. The Morgan fingerprint density at radius 3 is 2.30 bits per heavy atom. The maximum absolute atomic E-state index is 11.7. The summed E-state index contributed by atoms with van der Waals surface area (Å²) in [5.41, 5.74) is 3.11. The van der Waals surface area contributed by atoms with E-state index in [1.165, 1.54) is 0 Å². The molecule has 0 bridgehead atoms. The zero-order valence-electron chi connectivity index (χ0n) is 12.3. The molecule has 110 valence electrons. The fraction of sp³-hybridized carbons (Fsp3) is 0.467. The molecule has 0 aliphatic carbocycles. The SMILES string of the molecule is Cc1cc(C)c(OCC(=O)NC(C)CC(=O)O)c(C)c1. The molecular formula is C15H21NO4. The predicted molar refractivity (Wildman–Crippen MR) is 76.0 cm³/mol. The largest absolute Gasteiger partial charge is 0.483 e. The number of rotatable bonds is 6. The minimum absolute atomic E-state index is 0.103. The first-order valence-electron chi connectivity index (χ1n) is 6.51. The number of carboxylic acids is 1. The molecule has 0 spiro atoms. The Bertz CT molecular complexity index is 488. The molecule has 1 atom stereocenters. The molecule has 1 aromatic carbocycles. The molecule has 0 fully saturated rings. The topological polar surface area (TPSA) is 75.6 Å². The van der Waals surface area contributed by atoms with Crippen LogP contribution in [0.3, 0.4) is 0 Å². The van der Waals surface area contributed by atoms with Gasteiger partial charge in [-0.3, -0.25) is 9.59 Å². The van der Waals surface area contributed by atoms with Crippen LogP contribution < -0.4 is 10.1 Å². The standard InChI is InChI=1S/C15H21NO4/c1-9-5-10(2)15(11(3)6-9)20-8-13(17)16-12(4)7-14(18)19/h5-6,12H,7-8H2,1-4H3,(H,16,17)(H,18,19). The highest BCUT2D eigenvalue weighted by molar-refractivity contribution is 5.78. The van der Waals surface area contributed by atoms with E-state index in [9.17, 15) is 9.59 Å². The lowest BCUT2D eigenvalue weighted by molar-refractivity contribution is -0.137. The van der Waals surface area contributed by atoms with E-state index in [-0.39, 0.29) is 18.9 Å². The number of aryl methyl sites for hydroxylation is 3. The summed E-state index contributed by atoms with van der Waals surface area (Å²) in [5.74, 6) is -0.557. The third-order valence-electron chi connectivity index (χ3n) is 2.84. The van der Waals surface area contributed by atoms with E-state index < -0.39 is 12.0 Å². The maximum atomic E-state index is 11.7. The molecule has 0 aliphatic heterocycles. The summed E-state index contributed by atoms with van der Waals surface area (Å²) in [6.07, 6.45) is -0.103. The molecule has 5 nitrogen and oxygen atoms in total. The van der Waals surface area contributed by atoms with Crippen molar-refractivity contribution in [1.82, 2.24) is 5.32 Å². The van der Waals surface area contributed by atoms with Gasteiger partial charge in [-0.05, 0) is 38.8 Å². The Morgan fingerprint density at radius 1 is 1.25 bits per heavy atom. The second kappa shape index (κ2) is 6.93. The van der Waals surface area contributed by atoms with Gasteiger partial charge in [0.2, 0.25) is 0 Å². The lowest BCUT2D eigenvalue weighted by atomic mass is 10.1. The number of carbonyl (C=O) groups is 2. The Kier molecular flexibility index (Phi) is 5.55. The van der Waals surface area contributed by atoms with Crippen molar-refractivity contribution in [2.24, 2.45) is 0 Å². The molecule has 0 saturated heterocycles. The average Bonchev–Trinajstić information content (AvgIpc) is 2.25. The smallest absolute Gasteiger partial charge is 0.305 e. The number of nitrogens with one attached hydrogen (secondary N) is 1. The van der Waals surface area contributed by atoms with E-state index >= 15 is 0 Å². The second-order valence-corrected chi connectivity index (χ2v) is 5.08. The molecule has 1 unspecified atom stereocenters. The minimum atomic E-state index is -0.941. The molecule has 0 heterocycles. The van der Waals surface area contributed by atoms with Crippen molar-refractivity contribution in [2.45, 2.75) is 40.2 Å². The lowest BCUT2D eigenvalue weighted by Crippen LogP contribution is -2.37. The lowest BCUT2D eigenvalue weighted by Gasteiger charge is -2.15.